The minimum Gasteiger partial charge on any atom is -0.497 e. The lowest BCUT2D eigenvalue weighted by Gasteiger charge is -2.05. The van der Waals surface area contributed by atoms with E-state index >= 15 is 0 Å². The zero-order valence-corrected chi connectivity index (χ0v) is 8.20. The average Bonchev–Trinajstić information content (AvgIpc) is 2.23. The molecule has 0 bridgehead atoms. The van der Waals surface area contributed by atoms with Gasteiger partial charge in [0.25, 0.3) is 0 Å². The molecule has 15 heavy (non-hydrogen) atoms. The Kier molecular flexibility index (Phi) is 6.40. The van der Waals surface area contributed by atoms with Crippen molar-refractivity contribution in [2.24, 2.45) is 0 Å². The van der Waals surface area contributed by atoms with Crippen LogP contribution in [-0.4, -0.2) is 32.0 Å². The Morgan fingerprint density at radius 1 is 1.13 bits per heavy atom. The van der Waals surface area contributed by atoms with Crippen LogP contribution in [0.25, 0.3) is 0 Å². The van der Waals surface area contributed by atoms with Gasteiger partial charge in [-0.3, -0.25) is 0 Å². The SMILES string of the molecule is COc1cc(F)c(F)c(OC)c1.O[B]O. The van der Waals surface area contributed by atoms with Gasteiger partial charge in [-0.25, -0.2) is 4.39 Å². The third kappa shape index (κ3) is 4.13. The second kappa shape index (κ2) is 7.02. The predicted molar refractivity (Wildman–Crippen MR) is 49.7 cm³/mol. The number of hydrogen-bond donors (Lipinski definition) is 2. The van der Waals surface area contributed by atoms with Crippen molar-refractivity contribution in [3.63, 3.8) is 0 Å². The molecule has 1 radical (unpaired) electrons. The van der Waals surface area contributed by atoms with Crippen molar-refractivity contribution >= 4 is 7.69 Å². The van der Waals surface area contributed by atoms with E-state index in [4.69, 9.17) is 14.8 Å². The van der Waals surface area contributed by atoms with Crippen molar-refractivity contribution < 1.29 is 28.3 Å². The largest absolute Gasteiger partial charge is 0.497 e. The summed E-state index contributed by atoms with van der Waals surface area (Å²) in [4.78, 5) is 0. The average molecular weight is 219 g/mol. The van der Waals surface area contributed by atoms with Crippen LogP contribution in [0.5, 0.6) is 11.5 Å². The number of halogens is 2. The van der Waals surface area contributed by atoms with E-state index in [1.807, 2.05) is 0 Å². The smallest absolute Gasteiger partial charge is 0.482 e. The standard InChI is InChI=1S/C8H8F2O2.BH2O2/c1-11-5-3-6(9)8(10)7(4-5)12-2;2-1-3/h3-4H,1-2H3;2-3H. The van der Waals surface area contributed by atoms with Crippen LogP contribution in [0.15, 0.2) is 12.1 Å². The summed E-state index contributed by atoms with van der Waals surface area (Å²) in [5, 5.41) is 14.0. The number of hydrogen-bond acceptors (Lipinski definition) is 4. The zero-order valence-electron chi connectivity index (χ0n) is 8.20. The Bertz CT molecular complexity index is 309. The van der Waals surface area contributed by atoms with E-state index in [0.29, 0.717) is 0 Å². The summed E-state index contributed by atoms with van der Waals surface area (Å²) in [6, 6.07) is 2.23. The molecular weight excluding hydrogens is 209 g/mol. The summed E-state index contributed by atoms with van der Waals surface area (Å²) in [5.41, 5.74) is 0. The highest BCUT2D eigenvalue weighted by Crippen LogP contribution is 2.25. The fraction of sp³-hybridized carbons (Fsp3) is 0.250. The maximum atomic E-state index is 12.8. The first-order chi connectivity index (χ1) is 7.10. The first kappa shape index (κ1) is 13.7. The van der Waals surface area contributed by atoms with E-state index in [1.165, 1.54) is 20.3 Å². The second-order valence-corrected chi connectivity index (χ2v) is 2.24. The van der Waals surface area contributed by atoms with E-state index in [0.717, 1.165) is 6.07 Å². The lowest BCUT2D eigenvalue weighted by Crippen LogP contribution is -1.93. The van der Waals surface area contributed by atoms with Gasteiger partial charge in [0.1, 0.15) is 5.75 Å². The Morgan fingerprint density at radius 2 is 1.67 bits per heavy atom. The zero-order chi connectivity index (χ0) is 11.8. The molecule has 0 atom stereocenters. The third-order valence-corrected chi connectivity index (χ3v) is 1.42. The minimum atomic E-state index is -1.00. The first-order valence-electron chi connectivity index (χ1n) is 3.77. The number of benzene rings is 1. The molecule has 0 unspecified atom stereocenters. The van der Waals surface area contributed by atoms with E-state index in [9.17, 15) is 8.78 Å². The van der Waals surface area contributed by atoms with Crippen molar-refractivity contribution in [1.29, 1.82) is 0 Å². The van der Waals surface area contributed by atoms with Gasteiger partial charge in [0.15, 0.2) is 11.6 Å². The van der Waals surface area contributed by atoms with Crippen molar-refractivity contribution in [2.75, 3.05) is 14.2 Å². The van der Waals surface area contributed by atoms with Gasteiger partial charge in [-0.15, -0.1) is 0 Å². The summed E-state index contributed by atoms with van der Waals surface area (Å²) in [5.74, 6) is -1.91. The second-order valence-electron chi connectivity index (χ2n) is 2.24. The minimum absolute atomic E-state index is 0. The highest BCUT2D eigenvalue weighted by Gasteiger charge is 2.10. The molecule has 0 heterocycles. The Hall–Kier alpha value is -1.34. The Labute approximate surface area is 86.4 Å². The summed E-state index contributed by atoms with van der Waals surface area (Å²) in [7, 11) is 2.63. The van der Waals surface area contributed by atoms with Crippen molar-refractivity contribution in [2.45, 2.75) is 0 Å². The molecule has 0 saturated heterocycles. The van der Waals surface area contributed by atoms with Crippen LogP contribution in [-0.2, 0) is 0 Å². The molecule has 0 aliphatic heterocycles. The van der Waals surface area contributed by atoms with E-state index < -0.39 is 11.6 Å². The summed E-state index contributed by atoms with van der Waals surface area (Å²) >= 11 is 0. The summed E-state index contributed by atoms with van der Waals surface area (Å²) in [6.45, 7) is 0. The molecule has 0 spiro atoms. The van der Waals surface area contributed by atoms with Gasteiger partial charge in [0, 0.05) is 12.1 Å². The molecule has 0 aliphatic carbocycles. The topological polar surface area (TPSA) is 58.9 Å². The number of rotatable bonds is 2. The van der Waals surface area contributed by atoms with Gasteiger partial charge in [0.05, 0.1) is 14.2 Å². The van der Waals surface area contributed by atoms with Gasteiger partial charge in [-0.1, -0.05) is 0 Å². The molecule has 1 aromatic rings. The molecule has 2 N–H and O–H groups in total. The molecule has 0 fully saturated rings. The van der Waals surface area contributed by atoms with Gasteiger partial charge in [0.2, 0.25) is 5.82 Å². The molecule has 83 valence electrons. The van der Waals surface area contributed by atoms with Crippen LogP contribution < -0.4 is 9.47 Å². The Morgan fingerprint density at radius 3 is 2.07 bits per heavy atom. The maximum Gasteiger partial charge on any atom is 0.482 e. The molecule has 0 amide bonds. The molecular formula is C8H10BF2O4. The number of ether oxygens (including phenoxy) is 2. The lowest BCUT2D eigenvalue weighted by molar-refractivity contribution is 0.358. The van der Waals surface area contributed by atoms with Crippen molar-refractivity contribution in [1.82, 2.24) is 0 Å². The van der Waals surface area contributed by atoms with E-state index in [1.54, 1.807) is 0 Å². The first-order valence-corrected chi connectivity index (χ1v) is 3.77. The highest BCUT2D eigenvalue weighted by atomic mass is 19.2. The van der Waals surface area contributed by atoms with E-state index in [-0.39, 0.29) is 19.2 Å². The molecule has 0 aromatic heterocycles. The molecule has 0 aliphatic rings. The van der Waals surface area contributed by atoms with Crippen molar-refractivity contribution in [3.05, 3.63) is 23.8 Å². The van der Waals surface area contributed by atoms with Gasteiger partial charge in [-0.2, -0.15) is 4.39 Å². The van der Waals surface area contributed by atoms with Crippen LogP contribution in [0.4, 0.5) is 8.78 Å². The molecule has 7 heteroatoms. The highest BCUT2D eigenvalue weighted by molar-refractivity contribution is 6.13. The van der Waals surface area contributed by atoms with Gasteiger partial charge >= 0.3 is 7.69 Å². The van der Waals surface area contributed by atoms with Crippen LogP contribution in [0, 0.1) is 11.6 Å². The third-order valence-electron chi connectivity index (χ3n) is 1.42. The predicted octanol–water partition coefficient (Wildman–Crippen LogP) is 0.487. The van der Waals surface area contributed by atoms with Crippen LogP contribution in [0.1, 0.15) is 0 Å². The molecule has 4 nitrogen and oxygen atoms in total. The maximum absolute atomic E-state index is 12.8. The van der Waals surface area contributed by atoms with Gasteiger partial charge < -0.3 is 19.5 Å². The van der Waals surface area contributed by atoms with E-state index in [2.05, 4.69) is 4.74 Å². The van der Waals surface area contributed by atoms with Crippen molar-refractivity contribution in [3.8, 4) is 11.5 Å². The monoisotopic (exact) mass is 219 g/mol. The molecule has 1 rings (SSSR count). The fourth-order valence-electron chi connectivity index (χ4n) is 0.807. The summed E-state index contributed by atoms with van der Waals surface area (Å²) in [6.07, 6.45) is 0. The van der Waals surface area contributed by atoms with Crippen LogP contribution >= 0.6 is 0 Å². The lowest BCUT2D eigenvalue weighted by atomic mass is 10.3. The summed E-state index contributed by atoms with van der Waals surface area (Å²) < 4.78 is 34.7. The fourth-order valence-corrected chi connectivity index (χ4v) is 0.807. The normalized spacial score (nSPS) is 8.67. The molecule has 0 saturated carbocycles. The molecule has 1 aromatic carbocycles. The van der Waals surface area contributed by atoms with Crippen LogP contribution in [0.3, 0.4) is 0 Å². The quantitative estimate of drug-likeness (QED) is 0.710. The number of methoxy groups -OCH3 is 2. The van der Waals surface area contributed by atoms with Gasteiger partial charge in [-0.05, 0) is 0 Å². The van der Waals surface area contributed by atoms with Crippen LogP contribution in [0.2, 0.25) is 0 Å². The Balaban J connectivity index is 0.000000583.